The number of rotatable bonds is 2. The van der Waals surface area contributed by atoms with Crippen LogP contribution in [0.2, 0.25) is 0 Å². The minimum Gasteiger partial charge on any atom is -0.465 e. The van der Waals surface area contributed by atoms with E-state index in [4.69, 9.17) is 4.74 Å². The van der Waals surface area contributed by atoms with Crippen LogP contribution in [0, 0.1) is 0 Å². The molecular weight excluding hydrogens is 260 g/mol. The van der Waals surface area contributed by atoms with Crippen molar-refractivity contribution in [2.24, 2.45) is 0 Å². The molecule has 100 valence electrons. The van der Waals surface area contributed by atoms with Gasteiger partial charge in [-0.15, -0.1) is 0 Å². The first-order chi connectivity index (χ1) is 10.3. The zero-order valence-electron chi connectivity index (χ0n) is 11.3. The molecule has 0 N–H and O–H groups in total. The second-order valence-corrected chi connectivity index (χ2v) is 5.00. The maximum atomic E-state index is 12.6. The molecule has 0 fully saturated rings. The molecule has 2 nitrogen and oxygen atoms in total. The highest BCUT2D eigenvalue weighted by Crippen LogP contribution is 2.44. The van der Waals surface area contributed by atoms with Crippen LogP contribution < -0.4 is 4.74 Å². The summed E-state index contributed by atoms with van der Waals surface area (Å²) in [4.78, 5) is 12.6. The third-order valence-corrected chi connectivity index (χ3v) is 3.90. The molecule has 0 aliphatic heterocycles. The summed E-state index contributed by atoms with van der Waals surface area (Å²) in [7, 11) is 0. The van der Waals surface area contributed by atoms with Crippen LogP contribution >= 0.6 is 0 Å². The van der Waals surface area contributed by atoms with E-state index in [0.29, 0.717) is 11.3 Å². The highest BCUT2D eigenvalue weighted by atomic mass is 16.5. The minimum atomic E-state index is 0.0558. The zero-order chi connectivity index (χ0) is 14.4. The van der Waals surface area contributed by atoms with Crippen molar-refractivity contribution in [3.8, 4) is 16.9 Å². The number of carbonyl (C=O) groups is 1. The first-order valence-electron chi connectivity index (χ1n) is 6.78. The topological polar surface area (TPSA) is 26.3 Å². The van der Waals surface area contributed by atoms with Crippen molar-refractivity contribution in [2.75, 3.05) is 0 Å². The lowest BCUT2D eigenvalue weighted by molar-refractivity contribution is 0.104. The summed E-state index contributed by atoms with van der Waals surface area (Å²) in [5, 5.41) is 2.02. The second kappa shape index (κ2) is 4.32. The van der Waals surface area contributed by atoms with Gasteiger partial charge >= 0.3 is 0 Å². The van der Waals surface area contributed by atoms with Crippen molar-refractivity contribution in [3.63, 3.8) is 0 Å². The highest BCUT2D eigenvalue weighted by molar-refractivity contribution is 6.26. The molecule has 0 unspecified atom stereocenters. The zero-order valence-corrected chi connectivity index (χ0v) is 11.3. The summed E-state index contributed by atoms with van der Waals surface area (Å²) in [6, 6.07) is 17.5. The fraction of sp³-hybridized carbons (Fsp3) is 0. The van der Waals surface area contributed by atoms with E-state index in [2.05, 4.69) is 6.58 Å². The van der Waals surface area contributed by atoms with Gasteiger partial charge < -0.3 is 4.74 Å². The monoisotopic (exact) mass is 272 g/mol. The third kappa shape index (κ3) is 1.56. The SMILES string of the molecule is C=COc1cc2c(c3ccccc13)-c1ccccc1C2=O. The van der Waals surface area contributed by atoms with Crippen LogP contribution in [-0.4, -0.2) is 5.78 Å². The molecule has 0 amide bonds. The number of ketones is 1. The van der Waals surface area contributed by atoms with E-state index in [1.807, 2.05) is 54.6 Å². The number of benzene rings is 3. The summed E-state index contributed by atoms with van der Waals surface area (Å²) in [6.45, 7) is 3.61. The Balaban J connectivity index is 2.17. The van der Waals surface area contributed by atoms with Gasteiger partial charge in [-0.1, -0.05) is 55.1 Å². The Morgan fingerprint density at radius 3 is 2.29 bits per heavy atom. The number of hydrogen-bond donors (Lipinski definition) is 0. The Hall–Kier alpha value is -2.87. The molecule has 0 aromatic heterocycles. The van der Waals surface area contributed by atoms with Crippen LogP contribution in [-0.2, 0) is 0 Å². The molecular formula is C19H12O2. The third-order valence-electron chi connectivity index (χ3n) is 3.90. The molecule has 1 aliphatic rings. The van der Waals surface area contributed by atoms with E-state index in [1.54, 1.807) is 0 Å². The molecule has 0 spiro atoms. The maximum absolute atomic E-state index is 12.6. The van der Waals surface area contributed by atoms with Crippen LogP contribution in [0.25, 0.3) is 21.9 Å². The first-order valence-corrected chi connectivity index (χ1v) is 6.78. The fourth-order valence-electron chi connectivity index (χ4n) is 3.04. The molecule has 3 aromatic rings. The van der Waals surface area contributed by atoms with Crippen molar-refractivity contribution in [1.82, 2.24) is 0 Å². The Labute approximate surface area is 122 Å². The van der Waals surface area contributed by atoms with E-state index >= 15 is 0 Å². The molecule has 0 saturated heterocycles. The van der Waals surface area contributed by atoms with E-state index in [0.717, 1.165) is 27.5 Å². The maximum Gasteiger partial charge on any atom is 0.194 e. The summed E-state index contributed by atoms with van der Waals surface area (Å²) in [6.07, 6.45) is 1.39. The van der Waals surface area contributed by atoms with Crippen molar-refractivity contribution < 1.29 is 9.53 Å². The largest absolute Gasteiger partial charge is 0.465 e. The van der Waals surface area contributed by atoms with Gasteiger partial charge in [0.25, 0.3) is 0 Å². The van der Waals surface area contributed by atoms with Gasteiger partial charge in [-0.25, -0.2) is 0 Å². The first kappa shape index (κ1) is 11.9. The van der Waals surface area contributed by atoms with Crippen LogP contribution in [0.1, 0.15) is 15.9 Å². The van der Waals surface area contributed by atoms with Crippen molar-refractivity contribution in [3.05, 3.63) is 78.6 Å². The van der Waals surface area contributed by atoms with Crippen LogP contribution in [0.15, 0.2) is 67.4 Å². The fourth-order valence-corrected chi connectivity index (χ4v) is 3.04. The average molecular weight is 272 g/mol. The Bertz CT molecular complexity index is 907. The molecule has 2 heteroatoms. The summed E-state index contributed by atoms with van der Waals surface area (Å²) < 4.78 is 5.50. The van der Waals surface area contributed by atoms with E-state index < -0.39 is 0 Å². The van der Waals surface area contributed by atoms with Gasteiger partial charge in [0.05, 0.1) is 6.26 Å². The molecule has 0 atom stereocenters. The molecule has 3 aromatic carbocycles. The minimum absolute atomic E-state index is 0.0558. The highest BCUT2D eigenvalue weighted by Gasteiger charge is 2.29. The van der Waals surface area contributed by atoms with Crippen LogP contribution in [0.3, 0.4) is 0 Å². The summed E-state index contributed by atoms with van der Waals surface area (Å²) in [5.41, 5.74) is 3.46. The normalized spacial score (nSPS) is 12.1. The molecule has 0 heterocycles. The quantitative estimate of drug-likeness (QED) is 0.499. The predicted octanol–water partition coefficient (Wildman–Crippen LogP) is 4.57. The van der Waals surface area contributed by atoms with Crippen molar-refractivity contribution in [2.45, 2.75) is 0 Å². The molecule has 1 aliphatic carbocycles. The predicted molar refractivity (Wildman–Crippen MR) is 83.6 cm³/mol. The number of hydrogen-bond acceptors (Lipinski definition) is 2. The molecule has 0 radical (unpaired) electrons. The second-order valence-electron chi connectivity index (χ2n) is 5.00. The lowest BCUT2D eigenvalue weighted by Crippen LogP contribution is -1.96. The van der Waals surface area contributed by atoms with Crippen LogP contribution in [0.4, 0.5) is 0 Å². The van der Waals surface area contributed by atoms with Gasteiger partial charge in [-0.3, -0.25) is 4.79 Å². The smallest absolute Gasteiger partial charge is 0.194 e. The average Bonchev–Trinajstić information content (AvgIpc) is 2.82. The van der Waals surface area contributed by atoms with Gasteiger partial charge in [0, 0.05) is 22.1 Å². The van der Waals surface area contributed by atoms with Crippen molar-refractivity contribution in [1.29, 1.82) is 0 Å². The Kier molecular flexibility index (Phi) is 2.45. The number of carbonyl (C=O) groups excluding carboxylic acids is 1. The van der Waals surface area contributed by atoms with E-state index in [9.17, 15) is 4.79 Å². The standard InChI is InChI=1S/C19H12O2/c1-2-21-17-11-16-18(13-8-4-3-7-12(13)17)14-9-5-6-10-15(14)19(16)20/h2-11H,1H2. The number of ether oxygens (including phenoxy) is 1. The van der Waals surface area contributed by atoms with Gasteiger partial charge in [0.1, 0.15) is 5.75 Å². The van der Waals surface area contributed by atoms with Gasteiger partial charge in [-0.05, 0) is 17.0 Å². The number of fused-ring (bicyclic) bond motifs is 5. The lowest BCUT2D eigenvalue weighted by atomic mass is 9.97. The summed E-state index contributed by atoms with van der Waals surface area (Å²) in [5.74, 6) is 0.723. The van der Waals surface area contributed by atoms with E-state index in [1.165, 1.54) is 6.26 Å². The van der Waals surface area contributed by atoms with E-state index in [-0.39, 0.29) is 5.78 Å². The van der Waals surface area contributed by atoms with Gasteiger partial charge in [0.15, 0.2) is 5.78 Å². The Morgan fingerprint density at radius 2 is 1.52 bits per heavy atom. The lowest BCUT2D eigenvalue weighted by Gasteiger charge is -2.10. The van der Waals surface area contributed by atoms with Crippen LogP contribution in [0.5, 0.6) is 5.75 Å². The van der Waals surface area contributed by atoms with Gasteiger partial charge in [0.2, 0.25) is 0 Å². The molecule has 0 bridgehead atoms. The van der Waals surface area contributed by atoms with Crippen molar-refractivity contribution >= 4 is 16.6 Å². The molecule has 4 rings (SSSR count). The Morgan fingerprint density at radius 1 is 0.857 bits per heavy atom. The molecule has 0 saturated carbocycles. The van der Waals surface area contributed by atoms with Gasteiger partial charge in [-0.2, -0.15) is 0 Å². The summed E-state index contributed by atoms with van der Waals surface area (Å²) >= 11 is 0. The molecule has 21 heavy (non-hydrogen) atoms.